The third-order valence-corrected chi connectivity index (χ3v) is 7.94. The SMILES string of the molecule is CCC(C(=O)Nc1c(C)cccc1C)[N+]1(Cc2ccccc2Cl)CCCCC1c1ccccc1. The molecule has 3 aromatic rings. The van der Waals surface area contributed by atoms with Gasteiger partial charge in [0.15, 0.2) is 6.04 Å². The van der Waals surface area contributed by atoms with Gasteiger partial charge < -0.3 is 9.80 Å². The fraction of sp³-hybridized carbons (Fsp3) is 0.367. The number of amides is 1. The van der Waals surface area contributed by atoms with Crippen LogP contribution in [-0.4, -0.2) is 23.0 Å². The Kier molecular flexibility index (Phi) is 7.75. The van der Waals surface area contributed by atoms with Crippen LogP contribution in [-0.2, 0) is 11.3 Å². The third-order valence-electron chi connectivity index (χ3n) is 7.57. The number of aryl methyl sites for hydroxylation is 2. The molecule has 1 N–H and O–H groups in total. The van der Waals surface area contributed by atoms with Gasteiger partial charge in [0.25, 0.3) is 5.91 Å². The van der Waals surface area contributed by atoms with Crippen molar-refractivity contribution in [3.63, 3.8) is 0 Å². The van der Waals surface area contributed by atoms with Crippen LogP contribution in [0.1, 0.15) is 60.9 Å². The van der Waals surface area contributed by atoms with Gasteiger partial charge in [0.05, 0.1) is 6.54 Å². The summed E-state index contributed by atoms with van der Waals surface area (Å²) in [5, 5.41) is 4.12. The predicted molar refractivity (Wildman–Crippen MR) is 142 cm³/mol. The van der Waals surface area contributed by atoms with E-state index >= 15 is 0 Å². The second-order valence-corrected chi connectivity index (χ2v) is 10.1. The van der Waals surface area contributed by atoms with Crippen molar-refractivity contribution in [1.82, 2.24) is 0 Å². The maximum absolute atomic E-state index is 14.0. The monoisotopic (exact) mass is 475 g/mol. The average Bonchev–Trinajstić information content (AvgIpc) is 2.84. The molecule has 1 fully saturated rings. The van der Waals surface area contributed by atoms with Crippen LogP contribution >= 0.6 is 11.6 Å². The van der Waals surface area contributed by atoms with Crippen LogP contribution < -0.4 is 5.32 Å². The molecule has 1 saturated heterocycles. The van der Waals surface area contributed by atoms with Crippen molar-refractivity contribution in [3.8, 4) is 0 Å². The number of likely N-dealkylation sites (tertiary alicyclic amines) is 1. The van der Waals surface area contributed by atoms with Crippen LogP contribution in [0.4, 0.5) is 5.69 Å². The highest BCUT2D eigenvalue weighted by Gasteiger charge is 2.49. The van der Waals surface area contributed by atoms with Gasteiger partial charge in [0.2, 0.25) is 0 Å². The number of carbonyl (C=O) groups excluding carboxylic acids is 1. The lowest BCUT2D eigenvalue weighted by Gasteiger charge is -2.52. The summed E-state index contributed by atoms with van der Waals surface area (Å²) in [5.41, 5.74) is 5.56. The van der Waals surface area contributed by atoms with Crippen molar-refractivity contribution in [2.45, 2.75) is 65.1 Å². The minimum atomic E-state index is -0.180. The number of para-hydroxylation sites is 1. The number of anilines is 1. The average molecular weight is 476 g/mol. The molecule has 3 aromatic carbocycles. The smallest absolute Gasteiger partial charge is 0.282 e. The molecule has 3 atom stereocenters. The number of nitrogens with zero attached hydrogens (tertiary/aromatic N) is 1. The number of carbonyl (C=O) groups is 1. The molecule has 1 aliphatic heterocycles. The van der Waals surface area contributed by atoms with Crippen LogP contribution in [0.15, 0.2) is 72.8 Å². The van der Waals surface area contributed by atoms with E-state index in [1.165, 1.54) is 12.0 Å². The van der Waals surface area contributed by atoms with Gasteiger partial charge in [-0.15, -0.1) is 0 Å². The number of nitrogens with one attached hydrogen (secondary N) is 1. The second-order valence-electron chi connectivity index (χ2n) is 9.68. The molecule has 3 nitrogen and oxygen atoms in total. The number of halogens is 1. The van der Waals surface area contributed by atoms with Gasteiger partial charge in [0, 0.05) is 34.7 Å². The van der Waals surface area contributed by atoms with Crippen molar-refractivity contribution in [2.75, 3.05) is 11.9 Å². The molecule has 0 spiro atoms. The van der Waals surface area contributed by atoms with Crippen molar-refractivity contribution in [3.05, 3.63) is 100 Å². The largest absolute Gasteiger partial charge is 0.320 e. The molecule has 0 aromatic heterocycles. The Labute approximate surface area is 209 Å². The maximum atomic E-state index is 14.0. The zero-order chi connectivity index (χ0) is 24.1. The zero-order valence-electron chi connectivity index (χ0n) is 20.6. The molecule has 0 aliphatic carbocycles. The summed E-state index contributed by atoms with van der Waals surface area (Å²) >= 11 is 6.69. The molecule has 34 heavy (non-hydrogen) atoms. The van der Waals surface area contributed by atoms with E-state index in [1.54, 1.807) is 0 Å². The van der Waals surface area contributed by atoms with Gasteiger partial charge in [-0.3, -0.25) is 4.79 Å². The van der Waals surface area contributed by atoms with E-state index in [9.17, 15) is 4.79 Å². The maximum Gasteiger partial charge on any atom is 0.282 e. The van der Waals surface area contributed by atoms with Gasteiger partial charge in [-0.1, -0.05) is 85.3 Å². The van der Waals surface area contributed by atoms with Gasteiger partial charge in [-0.2, -0.15) is 0 Å². The van der Waals surface area contributed by atoms with Crippen molar-refractivity contribution in [2.24, 2.45) is 0 Å². The van der Waals surface area contributed by atoms with Crippen LogP contribution in [0.5, 0.6) is 0 Å². The van der Waals surface area contributed by atoms with Crippen LogP contribution in [0.25, 0.3) is 0 Å². The Balaban J connectivity index is 1.80. The van der Waals surface area contributed by atoms with E-state index in [0.717, 1.165) is 59.8 Å². The molecule has 1 aliphatic rings. The quantitative estimate of drug-likeness (QED) is 0.350. The van der Waals surface area contributed by atoms with Crippen molar-refractivity contribution in [1.29, 1.82) is 0 Å². The first kappa shape index (κ1) is 24.5. The highest BCUT2D eigenvalue weighted by molar-refractivity contribution is 6.31. The summed E-state index contributed by atoms with van der Waals surface area (Å²) < 4.78 is 0.709. The van der Waals surface area contributed by atoms with Crippen LogP contribution in [0.3, 0.4) is 0 Å². The van der Waals surface area contributed by atoms with Crippen LogP contribution in [0.2, 0.25) is 5.02 Å². The number of hydrogen-bond donors (Lipinski definition) is 1. The summed E-state index contributed by atoms with van der Waals surface area (Å²) in [6.45, 7) is 7.98. The van der Waals surface area contributed by atoms with Gasteiger partial charge in [-0.05, 0) is 43.9 Å². The zero-order valence-corrected chi connectivity index (χ0v) is 21.3. The van der Waals surface area contributed by atoms with Crippen molar-refractivity contribution < 1.29 is 9.28 Å². The minimum Gasteiger partial charge on any atom is -0.320 e. The van der Waals surface area contributed by atoms with E-state index in [0.29, 0.717) is 4.48 Å². The lowest BCUT2D eigenvalue weighted by atomic mass is 9.87. The highest BCUT2D eigenvalue weighted by atomic mass is 35.5. The molecule has 0 bridgehead atoms. The second kappa shape index (κ2) is 10.8. The number of piperidine rings is 1. The number of rotatable bonds is 7. The van der Waals surface area contributed by atoms with Gasteiger partial charge in [0.1, 0.15) is 12.6 Å². The minimum absolute atomic E-state index is 0.106. The molecular weight excluding hydrogens is 440 g/mol. The van der Waals surface area contributed by atoms with E-state index in [4.69, 9.17) is 11.6 Å². The molecule has 3 unspecified atom stereocenters. The lowest BCUT2D eigenvalue weighted by Crippen LogP contribution is -2.62. The van der Waals surface area contributed by atoms with E-state index < -0.39 is 0 Å². The Morgan fingerprint density at radius 2 is 1.65 bits per heavy atom. The van der Waals surface area contributed by atoms with E-state index in [2.05, 4.69) is 80.7 Å². The molecule has 1 heterocycles. The number of quaternary nitrogens is 1. The molecule has 1 amide bonds. The molecule has 4 heteroatoms. The van der Waals surface area contributed by atoms with E-state index in [1.807, 2.05) is 18.2 Å². The molecular formula is C30H36ClN2O+. The van der Waals surface area contributed by atoms with Crippen molar-refractivity contribution >= 4 is 23.2 Å². The van der Waals surface area contributed by atoms with Gasteiger partial charge in [-0.25, -0.2) is 0 Å². The molecule has 4 rings (SSSR count). The summed E-state index contributed by atoms with van der Waals surface area (Å²) in [7, 11) is 0. The Hall–Kier alpha value is -2.62. The summed E-state index contributed by atoms with van der Waals surface area (Å²) in [5.74, 6) is 0.106. The molecule has 0 saturated carbocycles. The standard InChI is InChI=1S/C30H35ClN2O/c1-4-27(30(34)32-29-22(2)13-12-14-23(29)3)33(21-25-17-8-9-18-26(25)31)20-11-10-19-28(33)24-15-6-5-7-16-24/h5-9,12-18,27-28H,4,10-11,19-21H2,1-3H3/p+1. The predicted octanol–water partition coefficient (Wildman–Crippen LogP) is 7.62. The Morgan fingerprint density at radius 3 is 2.32 bits per heavy atom. The normalized spacial score (nSPS) is 21.1. The van der Waals surface area contributed by atoms with Crippen LogP contribution in [0, 0.1) is 13.8 Å². The summed E-state index contributed by atoms with van der Waals surface area (Å²) in [4.78, 5) is 14.0. The first-order valence-electron chi connectivity index (χ1n) is 12.5. The first-order valence-corrected chi connectivity index (χ1v) is 12.9. The molecule has 178 valence electrons. The molecule has 0 radical (unpaired) electrons. The fourth-order valence-corrected chi connectivity index (χ4v) is 6.11. The Morgan fingerprint density at radius 1 is 0.971 bits per heavy atom. The van der Waals surface area contributed by atoms with Gasteiger partial charge >= 0.3 is 0 Å². The summed E-state index contributed by atoms with van der Waals surface area (Å²) in [6, 6.07) is 25.1. The number of hydrogen-bond acceptors (Lipinski definition) is 1. The first-order chi connectivity index (χ1) is 16.5. The highest BCUT2D eigenvalue weighted by Crippen LogP contribution is 2.43. The summed E-state index contributed by atoms with van der Waals surface area (Å²) in [6.07, 6.45) is 4.13. The lowest BCUT2D eigenvalue weighted by molar-refractivity contribution is -0.987. The van der Waals surface area contributed by atoms with E-state index in [-0.39, 0.29) is 18.0 Å². The Bertz CT molecular complexity index is 1110. The third kappa shape index (κ3) is 4.92. The fourth-order valence-electron chi connectivity index (χ4n) is 5.91. The topological polar surface area (TPSA) is 29.1 Å². The number of benzene rings is 3.